The molecule has 1 aromatic carbocycles. The van der Waals surface area contributed by atoms with Crippen LogP contribution in [0.1, 0.15) is 16.1 Å². The lowest BCUT2D eigenvalue weighted by molar-refractivity contribution is 0.581. The molecule has 0 bridgehead atoms. The van der Waals surface area contributed by atoms with Crippen LogP contribution >= 0.6 is 11.3 Å². The third-order valence-corrected chi connectivity index (χ3v) is 6.73. The Labute approximate surface area is 151 Å². The van der Waals surface area contributed by atoms with Crippen molar-refractivity contribution >= 4 is 21.4 Å². The van der Waals surface area contributed by atoms with Crippen LogP contribution in [-0.2, 0) is 16.4 Å². The zero-order valence-electron chi connectivity index (χ0n) is 14.1. The Morgan fingerprint density at radius 1 is 1.08 bits per heavy atom. The fraction of sp³-hybridized carbons (Fsp3) is 0.222. The second kappa shape index (κ2) is 7.43. The lowest BCUT2D eigenvalue weighted by atomic mass is 10.2. The summed E-state index contributed by atoms with van der Waals surface area (Å²) in [7, 11) is -3.49. The molecule has 0 aliphatic heterocycles. The Morgan fingerprint density at radius 3 is 2.52 bits per heavy atom. The topological polar surface area (TPSA) is 72.0 Å². The largest absolute Gasteiger partial charge is 0.265 e. The van der Waals surface area contributed by atoms with Crippen molar-refractivity contribution in [1.29, 1.82) is 0 Å². The predicted molar refractivity (Wildman–Crippen MR) is 100 cm³/mol. The van der Waals surface area contributed by atoms with E-state index in [4.69, 9.17) is 0 Å². The van der Waals surface area contributed by atoms with Crippen LogP contribution in [0.4, 0.5) is 0 Å². The van der Waals surface area contributed by atoms with E-state index in [1.54, 1.807) is 48.9 Å². The highest BCUT2D eigenvalue weighted by Crippen LogP contribution is 2.27. The standard InChI is InChI=1S/C18H19N3O2S2/c1-13-5-3-4-6-17(13)25(22,23)20-12-9-16-14(2)21-18(24-16)15-7-10-19-11-8-15/h3-8,10-11,20H,9,12H2,1-2H3. The van der Waals surface area contributed by atoms with Crippen molar-refractivity contribution in [2.45, 2.75) is 25.2 Å². The number of nitrogens with zero attached hydrogens (tertiary/aromatic N) is 2. The summed E-state index contributed by atoms with van der Waals surface area (Å²) in [4.78, 5) is 10.0. The first kappa shape index (κ1) is 17.7. The SMILES string of the molecule is Cc1ccccc1S(=O)(=O)NCCc1sc(-c2ccncc2)nc1C. The second-order valence-electron chi connectivity index (χ2n) is 5.68. The summed E-state index contributed by atoms with van der Waals surface area (Å²) >= 11 is 1.59. The van der Waals surface area contributed by atoms with E-state index in [-0.39, 0.29) is 0 Å². The summed E-state index contributed by atoms with van der Waals surface area (Å²) in [5, 5.41) is 0.927. The van der Waals surface area contributed by atoms with Gasteiger partial charge in [-0.25, -0.2) is 18.1 Å². The minimum atomic E-state index is -3.49. The normalized spacial score (nSPS) is 11.6. The van der Waals surface area contributed by atoms with Crippen molar-refractivity contribution in [2.75, 3.05) is 6.54 Å². The van der Waals surface area contributed by atoms with E-state index in [0.717, 1.165) is 26.7 Å². The first-order valence-corrected chi connectivity index (χ1v) is 10.2. The fourth-order valence-corrected chi connectivity index (χ4v) is 4.86. The summed E-state index contributed by atoms with van der Waals surface area (Å²) < 4.78 is 27.5. The van der Waals surface area contributed by atoms with Gasteiger partial charge < -0.3 is 0 Å². The lowest BCUT2D eigenvalue weighted by Crippen LogP contribution is -2.26. The summed E-state index contributed by atoms with van der Waals surface area (Å²) in [6.45, 7) is 4.09. The molecule has 3 aromatic rings. The van der Waals surface area contributed by atoms with Gasteiger partial charge in [0.05, 0.1) is 10.6 Å². The van der Waals surface area contributed by atoms with Crippen LogP contribution in [-0.4, -0.2) is 24.9 Å². The number of rotatable bonds is 6. The number of nitrogens with one attached hydrogen (secondary N) is 1. The third-order valence-electron chi connectivity index (χ3n) is 3.85. The van der Waals surface area contributed by atoms with Crippen LogP contribution in [0.15, 0.2) is 53.7 Å². The Bertz CT molecular complexity index is 967. The Hall–Kier alpha value is -2.09. The second-order valence-corrected chi connectivity index (χ2v) is 8.50. The smallest absolute Gasteiger partial charge is 0.240 e. The van der Waals surface area contributed by atoms with Crippen molar-refractivity contribution < 1.29 is 8.42 Å². The highest BCUT2D eigenvalue weighted by atomic mass is 32.2. The van der Waals surface area contributed by atoms with Crippen LogP contribution in [0.25, 0.3) is 10.6 Å². The molecule has 130 valence electrons. The monoisotopic (exact) mass is 373 g/mol. The highest BCUT2D eigenvalue weighted by molar-refractivity contribution is 7.89. The molecule has 0 aliphatic carbocycles. The van der Waals surface area contributed by atoms with Gasteiger partial charge in [-0.05, 0) is 44.0 Å². The maximum absolute atomic E-state index is 12.4. The van der Waals surface area contributed by atoms with Crippen LogP contribution in [0.2, 0.25) is 0 Å². The van der Waals surface area contributed by atoms with Gasteiger partial charge in [-0.2, -0.15) is 0 Å². The number of hydrogen-bond acceptors (Lipinski definition) is 5. The Balaban J connectivity index is 1.69. The van der Waals surface area contributed by atoms with Gasteiger partial charge in [-0.3, -0.25) is 4.98 Å². The van der Waals surface area contributed by atoms with Crippen LogP contribution in [0.3, 0.4) is 0 Å². The Kier molecular flexibility index (Phi) is 5.27. The van der Waals surface area contributed by atoms with E-state index in [9.17, 15) is 8.42 Å². The summed E-state index contributed by atoms with van der Waals surface area (Å²) in [5.41, 5.74) is 2.70. The van der Waals surface area contributed by atoms with Crippen LogP contribution in [0, 0.1) is 13.8 Å². The molecular weight excluding hydrogens is 354 g/mol. The maximum Gasteiger partial charge on any atom is 0.240 e. The molecule has 0 amide bonds. The van der Waals surface area contributed by atoms with Crippen molar-refractivity contribution in [1.82, 2.24) is 14.7 Å². The molecule has 7 heteroatoms. The van der Waals surface area contributed by atoms with Gasteiger partial charge in [-0.1, -0.05) is 18.2 Å². The number of thiazole rings is 1. The van der Waals surface area contributed by atoms with Gasteiger partial charge >= 0.3 is 0 Å². The minimum absolute atomic E-state index is 0.327. The number of benzene rings is 1. The third kappa shape index (κ3) is 4.12. The molecule has 1 N–H and O–H groups in total. The molecule has 0 saturated heterocycles. The van der Waals surface area contributed by atoms with Gasteiger partial charge in [0.15, 0.2) is 0 Å². The van der Waals surface area contributed by atoms with Crippen molar-refractivity contribution in [3.8, 4) is 10.6 Å². The lowest BCUT2D eigenvalue weighted by Gasteiger charge is -2.08. The molecule has 0 atom stereocenters. The van der Waals surface area contributed by atoms with Crippen molar-refractivity contribution in [3.05, 3.63) is 64.9 Å². The molecule has 0 unspecified atom stereocenters. The van der Waals surface area contributed by atoms with Gasteiger partial charge in [0, 0.05) is 29.4 Å². The summed E-state index contributed by atoms with van der Waals surface area (Å²) in [6, 6.07) is 10.8. The number of sulfonamides is 1. The molecule has 3 rings (SSSR count). The molecule has 2 heterocycles. The first-order chi connectivity index (χ1) is 12.0. The zero-order chi connectivity index (χ0) is 17.9. The van der Waals surface area contributed by atoms with E-state index in [1.807, 2.05) is 25.1 Å². The van der Waals surface area contributed by atoms with Crippen molar-refractivity contribution in [3.63, 3.8) is 0 Å². The molecule has 0 saturated carbocycles. The van der Waals surface area contributed by atoms with E-state index >= 15 is 0 Å². The first-order valence-electron chi connectivity index (χ1n) is 7.89. The summed E-state index contributed by atoms with van der Waals surface area (Å²) in [5.74, 6) is 0. The highest BCUT2D eigenvalue weighted by Gasteiger charge is 2.16. The molecule has 25 heavy (non-hydrogen) atoms. The molecule has 0 aliphatic rings. The number of aromatic nitrogens is 2. The molecule has 0 radical (unpaired) electrons. The fourth-order valence-electron chi connectivity index (χ4n) is 2.51. The summed E-state index contributed by atoms with van der Waals surface area (Å²) in [6.07, 6.45) is 4.09. The molecule has 0 fully saturated rings. The van der Waals surface area contributed by atoms with E-state index in [2.05, 4.69) is 14.7 Å². The molecular formula is C18H19N3O2S2. The average Bonchev–Trinajstić information content (AvgIpc) is 2.97. The number of aryl methyl sites for hydroxylation is 2. The zero-order valence-corrected chi connectivity index (χ0v) is 15.7. The van der Waals surface area contributed by atoms with Crippen LogP contribution < -0.4 is 4.72 Å². The number of pyridine rings is 1. The quantitative estimate of drug-likeness (QED) is 0.719. The van der Waals surface area contributed by atoms with Gasteiger partial charge in [0.25, 0.3) is 0 Å². The Morgan fingerprint density at radius 2 is 1.80 bits per heavy atom. The van der Waals surface area contributed by atoms with Crippen LogP contribution in [0.5, 0.6) is 0 Å². The molecule has 0 spiro atoms. The van der Waals surface area contributed by atoms with E-state index < -0.39 is 10.0 Å². The minimum Gasteiger partial charge on any atom is -0.265 e. The van der Waals surface area contributed by atoms with Gasteiger partial charge in [0.1, 0.15) is 5.01 Å². The van der Waals surface area contributed by atoms with E-state index in [0.29, 0.717) is 17.9 Å². The van der Waals surface area contributed by atoms with Gasteiger partial charge in [-0.15, -0.1) is 11.3 Å². The van der Waals surface area contributed by atoms with Crippen molar-refractivity contribution in [2.24, 2.45) is 0 Å². The predicted octanol–water partition coefficient (Wildman–Crippen LogP) is 3.34. The average molecular weight is 374 g/mol. The number of hydrogen-bond donors (Lipinski definition) is 1. The molecule has 5 nitrogen and oxygen atoms in total. The molecule has 2 aromatic heterocycles. The van der Waals surface area contributed by atoms with Gasteiger partial charge in [0.2, 0.25) is 10.0 Å². The van der Waals surface area contributed by atoms with E-state index in [1.165, 1.54) is 0 Å². The maximum atomic E-state index is 12.4.